The molecule has 1 aromatic heterocycles. The van der Waals surface area contributed by atoms with Gasteiger partial charge in [0.2, 0.25) is 0 Å². The third kappa shape index (κ3) is 2.19. The molecule has 0 bridgehead atoms. The Kier molecular flexibility index (Phi) is 3.44. The number of aromatic nitrogens is 1. The second kappa shape index (κ2) is 4.83. The third-order valence-electron chi connectivity index (χ3n) is 2.73. The molecule has 0 saturated carbocycles. The van der Waals surface area contributed by atoms with Gasteiger partial charge in [0.05, 0.1) is 6.61 Å². The van der Waals surface area contributed by atoms with Crippen molar-refractivity contribution in [3.8, 4) is 0 Å². The number of nitrogens with zero attached hydrogens (tertiary/aromatic N) is 1. The van der Waals surface area contributed by atoms with Gasteiger partial charge in [-0.3, -0.25) is 0 Å². The van der Waals surface area contributed by atoms with Crippen LogP contribution in [0, 0.1) is 0 Å². The van der Waals surface area contributed by atoms with Crippen LogP contribution in [0.2, 0.25) is 5.02 Å². The monoisotopic (exact) mass is 239 g/mol. The number of carbonyl (C=O) groups is 1. The van der Waals surface area contributed by atoms with Crippen molar-refractivity contribution in [3.05, 3.63) is 28.0 Å². The van der Waals surface area contributed by atoms with Crippen LogP contribution < -0.4 is 0 Å². The van der Waals surface area contributed by atoms with Gasteiger partial charge in [0.1, 0.15) is 5.69 Å². The van der Waals surface area contributed by atoms with Crippen LogP contribution in [0.3, 0.4) is 0 Å². The van der Waals surface area contributed by atoms with Crippen LogP contribution in [0.15, 0.2) is 6.07 Å². The highest BCUT2D eigenvalue weighted by Crippen LogP contribution is 2.27. The molecule has 0 aromatic carbocycles. The Labute approximate surface area is 99.8 Å². The maximum absolute atomic E-state index is 11.5. The Hall–Kier alpha value is -1.09. The van der Waals surface area contributed by atoms with Crippen molar-refractivity contribution >= 4 is 17.6 Å². The number of rotatable bonds is 2. The highest BCUT2D eigenvalue weighted by molar-refractivity contribution is 6.31. The number of aryl methyl sites for hydroxylation is 1. The van der Waals surface area contributed by atoms with Gasteiger partial charge in [0, 0.05) is 10.7 Å². The van der Waals surface area contributed by atoms with Crippen LogP contribution in [-0.2, 0) is 17.6 Å². The van der Waals surface area contributed by atoms with Gasteiger partial charge < -0.3 is 4.74 Å². The van der Waals surface area contributed by atoms with Crippen molar-refractivity contribution < 1.29 is 9.53 Å². The standard InChI is InChI=1S/C12H14ClNO2/c1-2-16-12(15)11-7-9(13)8-5-3-4-6-10(8)14-11/h7H,2-6H2,1H3. The summed E-state index contributed by atoms with van der Waals surface area (Å²) in [4.78, 5) is 15.9. The molecule has 0 spiro atoms. The summed E-state index contributed by atoms with van der Waals surface area (Å²) in [6, 6.07) is 1.61. The molecule has 3 nitrogen and oxygen atoms in total. The minimum absolute atomic E-state index is 0.326. The second-order valence-electron chi connectivity index (χ2n) is 3.84. The molecule has 0 saturated heterocycles. The molecule has 0 radical (unpaired) electrons. The summed E-state index contributed by atoms with van der Waals surface area (Å²) in [6.45, 7) is 2.13. The van der Waals surface area contributed by atoms with E-state index >= 15 is 0 Å². The van der Waals surface area contributed by atoms with Crippen molar-refractivity contribution in [2.75, 3.05) is 6.61 Å². The van der Waals surface area contributed by atoms with E-state index in [1.54, 1.807) is 13.0 Å². The van der Waals surface area contributed by atoms with E-state index in [9.17, 15) is 4.79 Å². The first-order chi connectivity index (χ1) is 7.72. The fraction of sp³-hybridized carbons (Fsp3) is 0.500. The van der Waals surface area contributed by atoms with Gasteiger partial charge in [0.15, 0.2) is 0 Å². The SMILES string of the molecule is CCOC(=O)c1cc(Cl)c2c(n1)CCCC2. The van der Waals surface area contributed by atoms with E-state index < -0.39 is 5.97 Å². The van der Waals surface area contributed by atoms with Gasteiger partial charge in [0.25, 0.3) is 0 Å². The zero-order valence-electron chi connectivity index (χ0n) is 9.25. The van der Waals surface area contributed by atoms with Crippen molar-refractivity contribution in [1.82, 2.24) is 4.98 Å². The average Bonchev–Trinajstić information content (AvgIpc) is 2.29. The smallest absolute Gasteiger partial charge is 0.356 e. The molecule has 0 amide bonds. The fourth-order valence-electron chi connectivity index (χ4n) is 1.96. The summed E-state index contributed by atoms with van der Waals surface area (Å²) in [5.74, 6) is -0.391. The minimum Gasteiger partial charge on any atom is -0.461 e. The maximum Gasteiger partial charge on any atom is 0.356 e. The maximum atomic E-state index is 11.5. The van der Waals surface area contributed by atoms with Crippen molar-refractivity contribution in [2.24, 2.45) is 0 Å². The van der Waals surface area contributed by atoms with Gasteiger partial charge in [-0.1, -0.05) is 11.6 Å². The van der Waals surface area contributed by atoms with Gasteiger partial charge in [-0.05, 0) is 44.2 Å². The molecule has 1 heterocycles. The van der Waals surface area contributed by atoms with E-state index in [-0.39, 0.29) is 0 Å². The molecule has 1 aliphatic rings. The Morgan fingerprint density at radius 2 is 2.25 bits per heavy atom. The predicted octanol–water partition coefficient (Wildman–Crippen LogP) is 2.79. The van der Waals surface area contributed by atoms with Crippen LogP contribution in [0.25, 0.3) is 0 Å². The second-order valence-corrected chi connectivity index (χ2v) is 4.25. The number of hydrogen-bond acceptors (Lipinski definition) is 3. The van der Waals surface area contributed by atoms with Crippen LogP contribution >= 0.6 is 11.6 Å². The lowest BCUT2D eigenvalue weighted by Crippen LogP contribution is -2.13. The van der Waals surface area contributed by atoms with Gasteiger partial charge in [-0.25, -0.2) is 9.78 Å². The van der Waals surface area contributed by atoms with E-state index in [0.717, 1.165) is 36.9 Å². The van der Waals surface area contributed by atoms with Crippen LogP contribution in [0.5, 0.6) is 0 Å². The van der Waals surface area contributed by atoms with Gasteiger partial charge in [-0.2, -0.15) is 0 Å². The quantitative estimate of drug-likeness (QED) is 0.745. The zero-order chi connectivity index (χ0) is 11.5. The Morgan fingerprint density at radius 1 is 1.50 bits per heavy atom. The first kappa shape index (κ1) is 11.4. The first-order valence-corrected chi connectivity index (χ1v) is 5.95. The Morgan fingerprint density at radius 3 is 3.00 bits per heavy atom. The predicted molar refractivity (Wildman–Crippen MR) is 61.8 cm³/mol. The molecule has 0 N–H and O–H groups in total. The zero-order valence-corrected chi connectivity index (χ0v) is 10.0. The number of pyridine rings is 1. The first-order valence-electron chi connectivity index (χ1n) is 5.57. The molecule has 86 valence electrons. The van der Waals surface area contributed by atoms with E-state index in [0.29, 0.717) is 17.3 Å². The van der Waals surface area contributed by atoms with Crippen LogP contribution in [-0.4, -0.2) is 17.6 Å². The highest BCUT2D eigenvalue weighted by Gasteiger charge is 2.18. The molecule has 1 aliphatic carbocycles. The van der Waals surface area contributed by atoms with Crippen LogP contribution in [0.4, 0.5) is 0 Å². The van der Waals surface area contributed by atoms with E-state index in [1.165, 1.54) is 0 Å². The van der Waals surface area contributed by atoms with Crippen molar-refractivity contribution in [2.45, 2.75) is 32.6 Å². The normalized spacial score (nSPS) is 14.4. The minimum atomic E-state index is -0.391. The van der Waals surface area contributed by atoms with Crippen LogP contribution in [0.1, 0.15) is 41.5 Å². The number of halogens is 1. The Bertz CT molecular complexity index is 418. The van der Waals surface area contributed by atoms with E-state index in [2.05, 4.69) is 4.98 Å². The summed E-state index contributed by atoms with van der Waals surface area (Å²) in [7, 11) is 0. The molecule has 0 fully saturated rings. The lowest BCUT2D eigenvalue weighted by Gasteiger charge is -2.16. The molecule has 0 atom stereocenters. The summed E-state index contributed by atoms with van der Waals surface area (Å²) in [5, 5.41) is 0.646. The van der Waals surface area contributed by atoms with Gasteiger partial charge >= 0.3 is 5.97 Å². The summed E-state index contributed by atoms with van der Waals surface area (Å²) in [5.41, 5.74) is 2.38. The molecule has 4 heteroatoms. The molecular formula is C12H14ClNO2. The largest absolute Gasteiger partial charge is 0.461 e. The van der Waals surface area contributed by atoms with E-state index in [4.69, 9.17) is 16.3 Å². The number of ether oxygens (including phenoxy) is 1. The topological polar surface area (TPSA) is 39.2 Å². The van der Waals surface area contributed by atoms with Crippen molar-refractivity contribution in [1.29, 1.82) is 0 Å². The number of esters is 1. The number of fused-ring (bicyclic) bond motifs is 1. The number of hydrogen-bond donors (Lipinski definition) is 0. The molecule has 0 unspecified atom stereocenters. The third-order valence-corrected chi connectivity index (χ3v) is 3.07. The summed E-state index contributed by atoms with van der Waals surface area (Å²) < 4.78 is 4.91. The fourth-order valence-corrected chi connectivity index (χ4v) is 2.27. The summed E-state index contributed by atoms with van der Waals surface area (Å²) >= 11 is 6.14. The molecule has 16 heavy (non-hydrogen) atoms. The molecule has 2 rings (SSSR count). The summed E-state index contributed by atoms with van der Waals surface area (Å²) in [6.07, 6.45) is 4.13. The average molecular weight is 240 g/mol. The van der Waals surface area contributed by atoms with Crippen molar-refractivity contribution in [3.63, 3.8) is 0 Å². The van der Waals surface area contributed by atoms with Gasteiger partial charge in [-0.15, -0.1) is 0 Å². The lowest BCUT2D eigenvalue weighted by atomic mass is 9.96. The molecule has 1 aromatic rings. The highest BCUT2D eigenvalue weighted by atomic mass is 35.5. The van der Waals surface area contributed by atoms with E-state index in [1.807, 2.05) is 0 Å². The Balaban J connectivity index is 2.35. The lowest BCUT2D eigenvalue weighted by molar-refractivity contribution is 0.0519. The molecule has 0 aliphatic heterocycles. The number of carbonyl (C=O) groups excluding carboxylic acids is 1. The molecular weight excluding hydrogens is 226 g/mol.